The van der Waals surface area contributed by atoms with E-state index in [-0.39, 0.29) is 41.3 Å². The van der Waals surface area contributed by atoms with Crippen LogP contribution in [0.1, 0.15) is 125 Å². The third-order valence-electron chi connectivity index (χ3n) is 13.1. The van der Waals surface area contributed by atoms with Crippen LogP contribution in [-0.4, -0.2) is 86.1 Å². The van der Waals surface area contributed by atoms with Gasteiger partial charge in [0.15, 0.2) is 0 Å². The van der Waals surface area contributed by atoms with E-state index in [1.54, 1.807) is 44.2 Å². The zero-order valence-corrected chi connectivity index (χ0v) is 34.5. The predicted octanol–water partition coefficient (Wildman–Crippen LogP) is 6.83. The molecule has 320 valence electrons. The van der Waals surface area contributed by atoms with Crippen LogP contribution in [0.4, 0.5) is 24.5 Å². The lowest BCUT2D eigenvalue weighted by Crippen LogP contribution is -2.65. The van der Waals surface area contributed by atoms with E-state index in [4.69, 9.17) is 4.98 Å². The second kappa shape index (κ2) is 15.3. The van der Waals surface area contributed by atoms with Gasteiger partial charge in [0.1, 0.15) is 17.4 Å². The van der Waals surface area contributed by atoms with Crippen molar-refractivity contribution in [2.45, 2.75) is 101 Å². The van der Waals surface area contributed by atoms with Crippen molar-refractivity contribution in [2.75, 3.05) is 30.3 Å². The highest BCUT2D eigenvalue weighted by molar-refractivity contribution is 7.18. The van der Waals surface area contributed by atoms with Crippen LogP contribution in [-0.2, 0) is 21.4 Å². The highest BCUT2D eigenvalue weighted by Gasteiger charge is 2.53. The number of aromatic nitrogens is 2. The Kier molecular flexibility index (Phi) is 10.3. The molecule has 13 nitrogen and oxygen atoms in total. The van der Waals surface area contributed by atoms with Crippen molar-refractivity contribution in [3.8, 4) is 0 Å². The zero-order chi connectivity index (χ0) is 43.0. The average molecular weight is 858 g/mol. The average Bonchev–Trinajstić information content (AvgIpc) is 3.71. The SMILES string of the molecule is CC(C)(O)c1cc2nc(C3CCC(N4CC5(CC(CCNc6cccc7c6C(=O)N(C6CCC(=O)NC6=O)C7=O)C5)C4)CC3)sc2cc1NC(=O)c1cccc(C(F)(F)F)n1. The number of piperidine rings is 1. The van der Waals surface area contributed by atoms with Crippen molar-refractivity contribution in [3.63, 3.8) is 0 Å². The third-order valence-corrected chi connectivity index (χ3v) is 14.3. The highest BCUT2D eigenvalue weighted by atomic mass is 32.1. The molecule has 2 aromatic carbocycles. The number of nitrogens with one attached hydrogen (secondary N) is 3. The van der Waals surface area contributed by atoms with Gasteiger partial charge in [0.2, 0.25) is 11.8 Å². The molecule has 1 atom stereocenters. The molecule has 4 fully saturated rings. The monoisotopic (exact) mass is 857 g/mol. The number of hydrogen-bond donors (Lipinski definition) is 4. The summed E-state index contributed by atoms with van der Waals surface area (Å²) in [4.78, 5) is 75.9. The van der Waals surface area contributed by atoms with Crippen LogP contribution in [0, 0.1) is 11.3 Å². The van der Waals surface area contributed by atoms with Crippen LogP contribution in [0.3, 0.4) is 0 Å². The van der Waals surface area contributed by atoms with Gasteiger partial charge in [-0.2, -0.15) is 13.2 Å². The number of benzene rings is 2. The summed E-state index contributed by atoms with van der Waals surface area (Å²) in [7, 11) is 0. The van der Waals surface area contributed by atoms with E-state index < -0.39 is 53.0 Å². The lowest BCUT2D eigenvalue weighted by molar-refractivity contribution is -0.141. The molecule has 0 radical (unpaired) electrons. The predicted molar refractivity (Wildman–Crippen MR) is 220 cm³/mol. The van der Waals surface area contributed by atoms with Crippen molar-refractivity contribution in [1.29, 1.82) is 0 Å². The summed E-state index contributed by atoms with van der Waals surface area (Å²) >= 11 is 1.54. The fraction of sp³-hybridized carbons (Fsp3) is 0.477. The lowest BCUT2D eigenvalue weighted by Gasteiger charge is -2.62. The maximum atomic E-state index is 13.4. The van der Waals surface area contributed by atoms with Crippen LogP contribution in [0.5, 0.6) is 0 Å². The maximum absolute atomic E-state index is 13.4. The first-order valence-electron chi connectivity index (χ1n) is 20.8. The Morgan fingerprint density at radius 3 is 2.39 bits per heavy atom. The third kappa shape index (κ3) is 7.80. The molecule has 3 aliphatic heterocycles. The summed E-state index contributed by atoms with van der Waals surface area (Å²) in [6, 6.07) is 11.3. The van der Waals surface area contributed by atoms with Crippen molar-refractivity contribution >= 4 is 62.5 Å². The molecule has 4 N–H and O–H groups in total. The van der Waals surface area contributed by atoms with Gasteiger partial charge in [0, 0.05) is 55.0 Å². The first-order chi connectivity index (χ1) is 29.0. The van der Waals surface area contributed by atoms with E-state index in [0.717, 1.165) is 84.8 Å². The Morgan fingerprint density at radius 2 is 1.69 bits per heavy atom. The first-order valence-corrected chi connectivity index (χ1v) is 21.6. The summed E-state index contributed by atoms with van der Waals surface area (Å²) in [6.07, 6.45) is 2.86. The van der Waals surface area contributed by atoms with Crippen LogP contribution in [0.15, 0.2) is 48.5 Å². The molecule has 9 rings (SSSR count). The number of aliphatic hydroxyl groups is 1. The molecule has 1 unspecified atom stereocenters. The number of thiazole rings is 1. The standard InChI is InChI=1S/C44H46F3N7O6S/c1-42(2,60)27-17-31-33(18-30(27)50-37(56)29-7-4-8-34(49-29)44(45,46)47)61-39(51-31)24-9-11-25(12-10-24)53-21-43(22-53)19-23(20-43)15-16-48-28-6-3-5-26-36(28)41(59)54(40(26)58)32-13-14-35(55)52-38(32)57/h3-8,17-18,23-25,32,48,60H,9-16,19-22H2,1-2H3,(H,50,56)(H,52,55,57). The number of carbonyl (C=O) groups is 5. The van der Waals surface area contributed by atoms with E-state index in [1.807, 2.05) is 0 Å². The van der Waals surface area contributed by atoms with Crippen molar-refractivity contribution in [1.82, 2.24) is 25.1 Å². The molecule has 2 saturated heterocycles. The smallest absolute Gasteiger partial charge is 0.386 e. The summed E-state index contributed by atoms with van der Waals surface area (Å²) in [5, 5.41) is 20.3. The molecule has 2 aromatic heterocycles. The minimum atomic E-state index is -4.69. The first kappa shape index (κ1) is 41.1. The summed E-state index contributed by atoms with van der Waals surface area (Å²) in [6.45, 7) is 6.00. The fourth-order valence-electron chi connectivity index (χ4n) is 10.1. The number of alkyl halides is 3. The number of likely N-dealkylation sites (tertiary alicyclic amines) is 1. The number of carbonyl (C=O) groups excluding carboxylic acids is 5. The van der Waals surface area contributed by atoms with Crippen molar-refractivity contribution in [2.24, 2.45) is 11.3 Å². The number of rotatable bonds is 10. The summed E-state index contributed by atoms with van der Waals surface area (Å²) in [5.74, 6) is -2.02. The number of imide groups is 2. The van der Waals surface area contributed by atoms with E-state index >= 15 is 0 Å². The van der Waals surface area contributed by atoms with Crippen molar-refractivity contribution < 1.29 is 42.3 Å². The Hall–Kier alpha value is -5.26. The molecule has 2 aliphatic carbocycles. The zero-order valence-electron chi connectivity index (χ0n) is 33.7. The van der Waals surface area contributed by atoms with Crippen LogP contribution < -0.4 is 16.0 Å². The van der Waals surface area contributed by atoms with Gasteiger partial charge in [-0.25, -0.2) is 9.97 Å². The second-order valence-corrected chi connectivity index (χ2v) is 19.0. The van der Waals surface area contributed by atoms with Crippen molar-refractivity contribution in [3.05, 3.63) is 81.6 Å². The summed E-state index contributed by atoms with van der Waals surface area (Å²) in [5.41, 5.74) is -0.0469. The normalized spacial score (nSPS) is 23.2. The molecule has 2 saturated carbocycles. The van der Waals surface area contributed by atoms with Gasteiger partial charge in [-0.05, 0) is 113 Å². The quantitative estimate of drug-likeness (QED) is 0.124. The van der Waals surface area contributed by atoms with Gasteiger partial charge >= 0.3 is 6.18 Å². The van der Waals surface area contributed by atoms with Gasteiger partial charge < -0.3 is 15.7 Å². The van der Waals surface area contributed by atoms with Gasteiger partial charge in [0.25, 0.3) is 17.7 Å². The number of nitrogens with zero attached hydrogens (tertiary/aromatic N) is 4. The number of anilines is 2. The molecule has 4 aromatic rings. The maximum Gasteiger partial charge on any atom is 0.433 e. The molecule has 61 heavy (non-hydrogen) atoms. The van der Waals surface area contributed by atoms with Crippen LogP contribution >= 0.6 is 11.3 Å². The Balaban J connectivity index is 0.755. The summed E-state index contributed by atoms with van der Waals surface area (Å²) < 4.78 is 40.6. The second-order valence-electron chi connectivity index (χ2n) is 17.9. The van der Waals surface area contributed by atoms with Gasteiger partial charge in [-0.3, -0.25) is 39.1 Å². The van der Waals surface area contributed by atoms with Gasteiger partial charge in [-0.1, -0.05) is 12.1 Å². The van der Waals surface area contributed by atoms with E-state index in [2.05, 4.69) is 25.8 Å². The largest absolute Gasteiger partial charge is 0.433 e. The molecule has 5 heterocycles. The van der Waals surface area contributed by atoms with Crippen LogP contribution in [0.25, 0.3) is 10.2 Å². The van der Waals surface area contributed by atoms with E-state index in [9.17, 15) is 42.3 Å². The number of halogens is 3. The highest BCUT2D eigenvalue weighted by Crippen LogP contribution is 2.55. The van der Waals surface area contributed by atoms with Gasteiger partial charge in [-0.15, -0.1) is 11.3 Å². The number of fused-ring (bicyclic) bond motifs is 2. The number of pyridine rings is 1. The van der Waals surface area contributed by atoms with Gasteiger partial charge in [0.05, 0.1) is 32.0 Å². The molecule has 0 bridgehead atoms. The molecular formula is C44H46F3N7O6S. The van der Waals surface area contributed by atoms with E-state index in [0.29, 0.717) is 40.7 Å². The molecule has 1 spiro atoms. The number of hydrogen-bond acceptors (Lipinski definition) is 11. The van der Waals surface area contributed by atoms with E-state index in [1.165, 1.54) is 17.4 Å². The Bertz CT molecular complexity index is 2460. The molecular weight excluding hydrogens is 812 g/mol. The Labute approximate surface area is 353 Å². The topological polar surface area (TPSA) is 174 Å². The number of amides is 5. The molecule has 17 heteroatoms. The minimum absolute atomic E-state index is 0.0727. The lowest BCUT2D eigenvalue weighted by atomic mass is 9.56. The molecule has 5 aliphatic rings. The van der Waals surface area contributed by atoms with Crippen LogP contribution in [0.2, 0.25) is 0 Å². The fourth-order valence-corrected chi connectivity index (χ4v) is 11.3. The Morgan fingerprint density at radius 1 is 0.951 bits per heavy atom. The molecule has 5 amide bonds. The minimum Gasteiger partial charge on any atom is -0.386 e.